The third-order valence-corrected chi connectivity index (χ3v) is 3.05. The molecule has 1 heteroatoms. The van der Waals surface area contributed by atoms with Crippen LogP contribution in [0.15, 0.2) is 0 Å². The van der Waals surface area contributed by atoms with E-state index >= 15 is 0 Å². The molecule has 0 aliphatic carbocycles. The Morgan fingerprint density at radius 3 is 2.64 bits per heavy atom. The van der Waals surface area contributed by atoms with Gasteiger partial charge in [0.1, 0.15) is 0 Å². The second-order valence-corrected chi connectivity index (χ2v) is 4.07. The Balaban J connectivity index is 2.44. The van der Waals surface area contributed by atoms with Gasteiger partial charge in [-0.3, -0.25) is 0 Å². The second kappa shape index (κ2) is 4.10. The van der Waals surface area contributed by atoms with Crippen molar-refractivity contribution >= 4 is 0 Å². The Morgan fingerprint density at radius 2 is 2.18 bits per heavy atom. The molecule has 1 heterocycles. The van der Waals surface area contributed by atoms with Gasteiger partial charge in [-0.15, -0.1) is 0 Å². The summed E-state index contributed by atoms with van der Waals surface area (Å²) < 4.78 is 0. The Bertz CT molecular complexity index is 109. The Morgan fingerprint density at radius 1 is 1.45 bits per heavy atom. The van der Waals surface area contributed by atoms with Crippen LogP contribution in [0.25, 0.3) is 0 Å². The minimum absolute atomic E-state index is 0.877. The van der Waals surface area contributed by atoms with Gasteiger partial charge in [0.05, 0.1) is 0 Å². The van der Waals surface area contributed by atoms with E-state index in [2.05, 4.69) is 26.1 Å². The summed E-state index contributed by atoms with van der Waals surface area (Å²) in [5.41, 5.74) is 0. The van der Waals surface area contributed by atoms with Gasteiger partial charge in [0, 0.05) is 0 Å². The number of hydrogen-bond donors (Lipinski definition) is 1. The summed E-state index contributed by atoms with van der Waals surface area (Å²) in [6, 6.07) is 0. The zero-order valence-electron chi connectivity index (χ0n) is 8.06. The molecule has 1 aliphatic heterocycles. The molecule has 1 N–H and O–H groups in total. The SMILES string of the molecule is CCC1CNCCC1C(C)C. The van der Waals surface area contributed by atoms with E-state index in [0.29, 0.717) is 0 Å². The molecule has 0 amide bonds. The standard InChI is InChI=1S/C10H21N/c1-4-9-7-11-6-5-10(9)8(2)3/h8-11H,4-7H2,1-3H3. The van der Waals surface area contributed by atoms with Crippen molar-refractivity contribution in [2.75, 3.05) is 13.1 Å². The van der Waals surface area contributed by atoms with Gasteiger partial charge in [0.2, 0.25) is 0 Å². The van der Waals surface area contributed by atoms with Gasteiger partial charge >= 0.3 is 0 Å². The third-order valence-electron chi connectivity index (χ3n) is 3.05. The van der Waals surface area contributed by atoms with Crippen LogP contribution in [0.5, 0.6) is 0 Å². The van der Waals surface area contributed by atoms with Crippen LogP contribution in [-0.2, 0) is 0 Å². The highest BCUT2D eigenvalue weighted by molar-refractivity contribution is 4.78. The van der Waals surface area contributed by atoms with Crippen LogP contribution in [0, 0.1) is 17.8 Å². The molecule has 0 spiro atoms. The summed E-state index contributed by atoms with van der Waals surface area (Å²) in [7, 11) is 0. The zero-order chi connectivity index (χ0) is 8.27. The van der Waals surface area contributed by atoms with Gasteiger partial charge in [-0.05, 0) is 37.3 Å². The Kier molecular flexibility index (Phi) is 3.38. The van der Waals surface area contributed by atoms with E-state index in [1.807, 2.05) is 0 Å². The zero-order valence-corrected chi connectivity index (χ0v) is 8.06. The van der Waals surface area contributed by atoms with Gasteiger partial charge in [0.15, 0.2) is 0 Å². The average molecular weight is 155 g/mol. The first-order valence-corrected chi connectivity index (χ1v) is 4.96. The molecule has 1 rings (SSSR count). The maximum absolute atomic E-state index is 3.47. The second-order valence-electron chi connectivity index (χ2n) is 4.07. The van der Waals surface area contributed by atoms with Crippen LogP contribution in [0.4, 0.5) is 0 Å². The van der Waals surface area contributed by atoms with Crippen LogP contribution in [0.1, 0.15) is 33.6 Å². The summed E-state index contributed by atoms with van der Waals surface area (Å²) >= 11 is 0. The molecule has 0 aromatic heterocycles. The Labute approximate surface area is 70.6 Å². The fourth-order valence-electron chi connectivity index (χ4n) is 2.27. The van der Waals surface area contributed by atoms with E-state index in [-0.39, 0.29) is 0 Å². The quantitative estimate of drug-likeness (QED) is 0.645. The molecular formula is C10H21N. The first-order valence-electron chi connectivity index (χ1n) is 4.96. The maximum Gasteiger partial charge on any atom is -0.00179 e. The van der Waals surface area contributed by atoms with Gasteiger partial charge < -0.3 is 5.32 Å². The highest BCUT2D eigenvalue weighted by Gasteiger charge is 2.25. The van der Waals surface area contributed by atoms with Crippen molar-refractivity contribution in [3.8, 4) is 0 Å². The van der Waals surface area contributed by atoms with Crippen molar-refractivity contribution in [2.24, 2.45) is 17.8 Å². The molecule has 0 aromatic rings. The third kappa shape index (κ3) is 2.19. The predicted molar refractivity (Wildman–Crippen MR) is 49.6 cm³/mol. The fourth-order valence-corrected chi connectivity index (χ4v) is 2.27. The summed E-state index contributed by atoms with van der Waals surface area (Å²) in [6.45, 7) is 9.52. The molecule has 0 bridgehead atoms. The lowest BCUT2D eigenvalue weighted by Crippen LogP contribution is -2.38. The molecule has 11 heavy (non-hydrogen) atoms. The molecule has 1 fully saturated rings. The van der Waals surface area contributed by atoms with Crippen LogP contribution in [-0.4, -0.2) is 13.1 Å². The number of hydrogen-bond acceptors (Lipinski definition) is 1. The molecule has 0 radical (unpaired) electrons. The largest absolute Gasteiger partial charge is 0.316 e. The molecular weight excluding hydrogens is 134 g/mol. The topological polar surface area (TPSA) is 12.0 Å². The van der Waals surface area contributed by atoms with E-state index < -0.39 is 0 Å². The highest BCUT2D eigenvalue weighted by Crippen LogP contribution is 2.28. The lowest BCUT2D eigenvalue weighted by Gasteiger charge is -2.34. The van der Waals surface area contributed by atoms with Gasteiger partial charge in [-0.2, -0.15) is 0 Å². The first-order chi connectivity index (χ1) is 5.25. The number of rotatable bonds is 2. The molecule has 0 aromatic carbocycles. The van der Waals surface area contributed by atoms with E-state index in [1.165, 1.54) is 25.9 Å². The summed E-state index contributed by atoms with van der Waals surface area (Å²) in [5.74, 6) is 2.78. The van der Waals surface area contributed by atoms with Crippen molar-refractivity contribution in [1.29, 1.82) is 0 Å². The van der Waals surface area contributed by atoms with Crippen molar-refractivity contribution < 1.29 is 0 Å². The lowest BCUT2D eigenvalue weighted by molar-refractivity contribution is 0.190. The molecule has 66 valence electrons. The van der Waals surface area contributed by atoms with Crippen LogP contribution >= 0.6 is 0 Å². The fraction of sp³-hybridized carbons (Fsp3) is 1.00. The number of piperidine rings is 1. The summed E-state index contributed by atoms with van der Waals surface area (Å²) in [5, 5.41) is 3.47. The van der Waals surface area contributed by atoms with Gasteiger partial charge in [0.25, 0.3) is 0 Å². The maximum atomic E-state index is 3.47. The van der Waals surface area contributed by atoms with E-state index in [1.54, 1.807) is 0 Å². The Hall–Kier alpha value is -0.0400. The summed E-state index contributed by atoms with van der Waals surface area (Å²) in [4.78, 5) is 0. The van der Waals surface area contributed by atoms with Crippen molar-refractivity contribution in [2.45, 2.75) is 33.6 Å². The van der Waals surface area contributed by atoms with Crippen molar-refractivity contribution in [1.82, 2.24) is 5.32 Å². The van der Waals surface area contributed by atoms with E-state index in [9.17, 15) is 0 Å². The molecule has 1 aliphatic rings. The summed E-state index contributed by atoms with van der Waals surface area (Å²) in [6.07, 6.45) is 2.73. The van der Waals surface area contributed by atoms with Crippen LogP contribution in [0.2, 0.25) is 0 Å². The van der Waals surface area contributed by atoms with Crippen molar-refractivity contribution in [3.63, 3.8) is 0 Å². The van der Waals surface area contributed by atoms with E-state index in [4.69, 9.17) is 0 Å². The molecule has 2 atom stereocenters. The minimum atomic E-state index is 0.877. The van der Waals surface area contributed by atoms with Gasteiger partial charge in [-0.1, -0.05) is 27.2 Å². The van der Waals surface area contributed by atoms with Crippen LogP contribution in [0.3, 0.4) is 0 Å². The number of nitrogens with one attached hydrogen (secondary N) is 1. The van der Waals surface area contributed by atoms with E-state index in [0.717, 1.165) is 17.8 Å². The van der Waals surface area contributed by atoms with Crippen LogP contribution < -0.4 is 5.32 Å². The molecule has 0 saturated carbocycles. The first kappa shape index (κ1) is 9.05. The smallest absolute Gasteiger partial charge is 0.00179 e. The van der Waals surface area contributed by atoms with Crippen molar-refractivity contribution in [3.05, 3.63) is 0 Å². The average Bonchev–Trinajstić information content (AvgIpc) is 2.04. The minimum Gasteiger partial charge on any atom is -0.316 e. The normalized spacial score (nSPS) is 32.7. The highest BCUT2D eigenvalue weighted by atomic mass is 14.9. The molecule has 1 nitrogen and oxygen atoms in total. The molecule has 1 saturated heterocycles. The molecule has 2 unspecified atom stereocenters. The predicted octanol–water partition coefficient (Wildman–Crippen LogP) is 2.28. The van der Waals surface area contributed by atoms with Gasteiger partial charge in [-0.25, -0.2) is 0 Å². The lowest BCUT2D eigenvalue weighted by atomic mass is 9.78. The monoisotopic (exact) mass is 155 g/mol.